The second-order valence-corrected chi connectivity index (χ2v) is 6.16. The first-order valence-corrected chi connectivity index (χ1v) is 7.36. The monoisotopic (exact) mass is 280 g/mol. The molecule has 1 amide bonds. The van der Waals surface area contributed by atoms with Crippen LogP contribution in [0.5, 0.6) is 0 Å². The van der Waals surface area contributed by atoms with E-state index in [4.69, 9.17) is 5.73 Å². The summed E-state index contributed by atoms with van der Waals surface area (Å²) in [5.74, 6) is 3.13. The Bertz CT molecular complexity index is 231. The molecule has 0 aromatic carbocycles. The van der Waals surface area contributed by atoms with Crippen LogP contribution >= 0.6 is 24.2 Å². The van der Waals surface area contributed by atoms with Crippen molar-refractivity contribution in [2.45, 2.75) is 45.1 Å². The summed E-state index contributed by atoms with van der Waals surface area (Å²) in [6.07, 6.45) is 4.14. The van der Waals surface area contributed by atoms with Crippen molar-refractivity contribution in [2.24, 2.45) is 11.7 Å². The molecule has 1 aliphatic heterocycles. The minimum Gasteiger partial charge on any atom is -0.354 e. The van der Waals surface area contributed by atoms with Gasteiger partial charge in [0.05, 0.1) is 5.54 Å². The van der Waals surface area contributed by atoms with Crippen molar-refractivity contribution in [3.8, 4) is 0 Å². The molecule has 0 spiro atoms. The Kier molecular flexibility index (Phi) is 8.25. The molecule has 1 atom stereocenters. The molecule has 0 bridgehead atoms. The maximum atomic E-state index is 11.9. The summed E-state index contributed by atoms with van der Waals surface area (Å²) in [6, 6.07) is 0. The molecule has 0 radical (unpaired) electrons. The molecule has 0 aromatic rings. The number of halogens is 1. The number of carbonyl (C=O) groups excluding carboxylic acids is 1. The summed E-state index contributed by atoms with van der Waals surface area (Å²) >= 11 is 2.01. The molecule has 0 saturated carbocycles. The van der Waals surface area contributed by atoms with Gasteiger partial charge in [0, 0.05) is 6.54 Å². The third kappa shape index (κ3) is 5.98. The zero-order valence-corrected chi connectivity index (χ0v) is 12.5. The number of carbonyl (C=O) groups is 1. The van der Waals surface area contributed by atoms with Crippen molar-refractivity contribution in [1.29, 1.82) is 0 Å². The van der Waals surface area contributed by atoms with Crippen LogP contribution in [0.15, 0.2) is 0 Å². The number of rotatable bonds is 5. The highest BCUT2D eigenvalue weighted by atomic mass is 35.5. The number of hydrogen-bond acceptors (Lipinski definition) is 3. The van der Waals surface area contributed by atoms with Gasteiger partial charge < -0.3 is 11.1 Å². The lowest BCUT2D eigenvalue weighted by molar-refractivity contribution is -0.126. The van der Waals surface area contributed by atoms with E-state index in [-0.39, 0.29) is 18.3 Å². The van der Waals surface area contributed by atoms with E-state index >= 15 is 0 Å². The largest absolute Gasteiger partial charge is 0.354 e. The van der Waals surface area contributed by atoms with Crippen LogP contribution in [0.3, 0.4) is 0 Å². The fraction of sp³-hybridized carbons (Fsp3) is 0.917. The van der Waals surface area contributed by atoms with Crippen molar-refractivity contribution in [1.82, 2.24) is 5.32 Å². The van der Waals surface area contributed by atoms with Crippen LogP contribution in [0.25, 0.3) is 0 Å². The van der Waals surface area contributed by atoms with Crippen molar-refractivity contribution >= 4 is 30.1 Å². The van der Waals surface area contributed by atoms with E-state index in [2.05, 4.69) is 12.2 Å². The van der Waals surface area contributed by atoms with Gasteiger partial charge in [-0.15, -0.1) is 12.4 Å². The lowest BCUT2D eigenvalue weighted by Gasteiger charge is -2.26. The van der Waals surface area contributed by atoms with Crippen LogP contribution in [-0.2, 0) is 4.79 Å². The third-order valence-electron chi connectivity index (χ3n) is 3.18. The van der Waals surface area contributed by atoms with Gasteiger partial charge in [-0.2, -0.15) is 11.8 Å². The second-order valence-electron chi connectivity index (χ2n) is 4.93. The van der Waals surface area contributed by atoms with E-state index in [1.165, 1.54) is 24.3 Å². The van der Waals surface area contributed by atoms with Crippen molar-refractivity contribution < 1.29 is 4.79 Å². The Morgan fingerprint density at radius 2 is 2.06 bits per heavy atom. The topological polar surface area (TPSA) is 55.1 Å². The molecule has 17 heavy (non-hydrogen) atoms. The molecule has 1 heterocycles. The smallest absolute Gasteiger partial charge is 0.239 e. The molecular weight excluding hydrogens is 256 g/mol. The molecule has 1 rings (SSSR count). The SMILES string of the molecule is CCCC(C)(N)C(=O)NCC1CCSCC1.Cl. The van der Waals surface area contributed by atoms with E-state index in [1.807, 2.05) is 18.7 Å². The zero-order chi connectivity index (χ0) is 12.0. The third-order valence-corrected chi connectivity index (χ3v) is 4.23. The van der Waals surface area contributed by atoms with Crippen molar-refractivity contribution in [3.05, 3.63) is 0 Å². The average molecular weight is 281 g/mol. The normalized spacial score (nSPS) is 20.2. The molecule has 1 unspecified atom stereocenters. The quantitative estimate of drug-likeness (QED) is 0.812. The lowest BCUT2D eigenvalue weighted by atomic mass is 9.95. The van der Waals surface area contributed by atoms with E-state index in [0.717, 1.165) is 19.4 Å². The molecule has 0 aromatic heterocycles. The second kappa shape index (κ2) is 8.22. The Morgan fingerprint density at radius 3 is 2.59 bits per heavy atom. The summed E-state index contributed by atoms with van der Waals surface area (Å²) in [5.41, 5.74) is 5.27. The van der Waals surface area contributed by atoms with Gasteiger partial charge in [-0.1, -0.05) is 13.3 Å². The van der Waals surface area contributed by atoms with Gasteiger partial charge >= 0.3 is 0 Å². The predicted octanol–water partition coefficient (Wildman–Crippen LogP) is 2.19. The van der Waals surface area contributed by atoms with Crippen molar-refractivity contribution in [3.63, 3.8) is 0 Å². The van der Waals surface area contributed by atoms with Crippen molar-refractivity contribution in [2.75, 3.05) is 18.1 Å². The first-order valence-electron chi connectivity index (χ1n) is 6.21. The first kappa shape index (κ1) is 17.1. The first-order chi connectivity index (χ1) is 7.56. The maximum Gasteiger partial charge on any atom is 0.239 e. The van der Waals surface area contributed by atoms with E-state index in [1.54, 1.807) is 0 Å². The summed E-state index contributed by atoms with van der Waals surface area (Å²) in [5, 5.41) is 3.00. The van der Waals surface area contributed by atoms with Crippen LogP contribution in [0.2, 0.25) is 0 Å². The fourth-order valence-corrected chi connectivity index (χ4v) is 3.23. The minimum atomic E-state index is -0.696. The molecular formula is C12H25ClN2OS. The molecule has 3 nitrogen and oxygen atoms in total. The van der Waals surface area contributed by atoms with Crippen LogP contribution < -0.4 is 11.1 Å². The highest BCUT2D eigenvalue weighted by Crippen LogP contribution is 2.22. The number of thioether (sulfide) groups is 1. The van der Waals surface area contributed by atoms with Crippen LogP contribution in [0.1, 0.15) is 39.5 Å². The van der Waals surface area contributed by atoms with Crippen LogP contribution in [0, 0.1) is 5.92 Å². The maximum absolute atomic E-state index is 11.9. The predicted molar refractivity (Wildman–Crippen MR) is 77.8 cm³/mol. The molecule has 1 fully saturated rings. The number of nitrogens with two attached hydrogens (primary N) is 1. The molecule has 1 saturated heterocycles. The number of amides is 1. The number of hydrogen-bond donors (Lipinski definition) is 2. The van der Waals surface area contributed by atoms with Gasteiger partial charge in [0.15, 0.2) is 0 Å². The van der Waals surface area contributed by atoms with Crippen LogP contribution in [0.4, 0.5) is 0 Å². The highest BCUT2D eigenvalue weighted by molar-refractivity contribution is 7.99. The van der Waals surface area contributed by atoms with Gasteiger partial charge in [0.25, 0.3) is 0 Å². The van der Waals surface area contributed by atoms with Crippen LogP contribution in [-0.4, -0.2) is 29.5 Å². The van der Waals surface area contributed by atoms with Gasteiger partial charge in [-0.05, 0) is 43.6 Å². The van der Waals surface area contributed by atoms with Gasteiger partial charge in [-0.3, -0.25) is 4.79 Å². The zero-order valence-electron chi connectivity index (χ0n) is 10.8. The van der Waals surface area contributed by atoms with Gasteiger partial charge in [-0.25, -0.2) is 0 Å². The van der Waals surface area contributed by atoms with Gasteiger partial charge in [0.2, 0.25) is 5.91 Å². The summed E-state index contributed by atoms with van der Waals surface area (Å²) in [6.45, 7) is 4.68. The lowest BCUT2D eigenvalue weighted by Crippen LogP contribution is -2.52. The van der Waals surface area contributed by atoms with Gasteiger partial charge in [0.1, 0.15) is 0 Å². The molecule has 1 aliphatic rings. The Morgan fingerprint density at radius 1 is 1.47 bits per heavy atom. The average Bonchev–Trinajstić information content (AvgIpc) is 2.27. The van der Waals surface area contributed by atoms with E-state index in [0.29, 0.717) is 5.92 Å². The standard InChI is InChI=1S/C12H24N2OS.ClH/c1-3-6-12(2,13)11(15)14-9-10-4-7-16-8-5-10;/h10H,3-9,13H2,1-2H3,(H,14,15);1H. The summed E-state index contributed by atoms with van der Waals surface area (Å²) < 4.78 is 0. The Labute approximate surface area is 115 Å². The molecule has 5 heteroatoms. The highest BCUT2D eigenvalue weighted by Gasteiger charge is 2.27. The summed E-state index contributed by atoms with van der Waals surface area (Å²) in [4.78, 5) is 11.9. The molecule has 102 valence electrons. The fourth-order valence-electron chi connectivity index (χ4n) is 2.02. The Balaban J connectivity index is 0.00000256. The Hall–Kier alpha value is 0.0700. The summed E-state index contributed by atoms with van der Waals surface area (Å²) in [7, 11) is 0. The number of nitrogens with one attached hydrogen (secondary N) is 1. The van der Waals surface area contributed by atoms with E-state index < -0.39 is 5.54 Å². The van der Waals surface area contributed by atoms with E-state index in [9.17, 15) is 4.79 Å². The molecule has 0 aliphatic carbocycles. The minimum absolute atomic E-state index is 0. The molecule has 3 N–H and O–H groups in total.